The fourth-order valence-electron chi connectivity index (χ4n) is 1.48. The highest BCUT2D eigenvalue weighted by Gasteiger charge is 2.28. The van der Waals surface area contributed by atoms with Gasteiger partial charge in [-0.05, 0) is 12.1 Å². The molecular weight excluding hydrogens is 254 g/mol. The maximum Gasteiger partial charge on any atom is 0.276 e. The Morgan fingerprint density at radius 2 is 2.00 bits per heavy atom. The first-order chi connectivity index (χ1) is 7.64. The van der Waals surface area contributed by atoms with Gasteiger partial charge in [-0.1, -0.05) is 0 Å². The molecular formula is C9H12ClNO4S. The number of sulfonamides is 1. The van der Waals surface area contributed by atoms with Gasteiger partial charge in [0.2, 0.25) is 5.09 Å². The Kier molecular flexibility index (Phi) is 3.53. The van der Waals surface area contributed by atoms with E-state index in [1.807, 2.05) is 0 Å². The molecule has 1 aromatic heterocycles. The summed E-state index contributed by atoms with van der Waals surface area (Å²) in [5, 5.41) is -0.0509. The fraction of sp³-hybridized carbons (Fsp3) is 0.556. The van der Waals surface area contributed by atoms with E-state index in [-0.39, 0.29) is 11.0 Å². The molecule has 0 unspecified atom stereocenters. The summed E-state index contributed by atoms with van der Waals surface area (Å²) in [5.74, 6) is 0.618. The third-order valence-electron chi connectivity index (χ3n) is 2.33. The molecule has 0 radical (unpaired) electrons. The summed E-state index contributed by atoms with van der Waals surface area (Å²) in [6, 6.07) is 3.00. The van der Waals surface area contributed by atoms with Crippen LogP contribution in [0.4, 0.5) is 0 Å². The Hall–Kier alpha value is -0.560. The van der Waals surface area contributed by atoms with Crippen LogP contribution < -0.4 is 0 Å². The smallest absolute Gasteiger partial charge is 0.276 e. The molecule has 16 heavy (non-hydrogen) atoms. The van der Waals surface area contributed by atoms with E-state index in [1.54, 1.807) is 6.07 Å². The number of ether oxygens (including phenoxy) is 1. The molecule has 90 valence electrons. The molecule has 0 N–H and O–H groups in total. The van der Waals surface area contributed by atoms with Gasteiger partial charge in [-0.15, -0.1) is 11.6 Å². The van der Waals surface area contributed by atoms with Gasteiger partial charge in [-0.2, -0.15) is 4.31 Å². The van der Waals surface area contributed by atoms with Gasteiger partial charge in [0.15, 0.2) is 0 Å². The quantitative estimate of drug-likeness (QED) is 0.766. The van der Waals surface area contributed by atoms with E-state index in [9.17, 15) is 8.42 Å². The first-order valence-electron chi connectivity index (χ1n) is 4.87. The predicted molar refractivity (Wildman–Crippen MR) is 57.8 cm³/mol. The van der Waals surface area contributed by atoms with Crippen molar-refractivity contribution in [3.63, 3.8) is 0 Å². The topological polar surface area (TPSA) is 59.8 Å². The summed E-state index contributed by atoms with van der Waals surface area (Å²) in [7, 11) is -3.52. The Morgan fingerprint density at radius 1 is 1.31 bits per heavy atom. The summed E-state index contributed by atoms with van der Waals surface area (Å²) in [6.07, 6.45) is 0. The molecule has 2 rings (SSSR count). The number of hydrogen-bond donors (Lipinski definition) is 0. The van der Waals surface area contributed by atoms with Crippen molar-refractivity contribution in [3.05, 3.63) is 17.9 Å². The van der Waals surface area contributed by atoms with Crippen LogP contribution in [-0.4, -0.2) is 39.0 Å². The van der Waals surface area contributed by atoms with E-state index in [4.69, 9.17) is 20.8 Å². The molecule has 0 saturated carbocycles. The average Bonchev–Trinajstić information content (AvgIpc) is 2.79. The van der Waals surface area contributed by atoms with Crippen LogP contribution in [0.15, 0.2) is 21.6 Å². The van der Waals surface area contributed by atoms with E-state index in [2.05, 4.69) is 0 Å². The first-order valence-corrected chi connectivity index (χ1v) is 6.84. The summed E-state index contributed by atoms with van der Waals surface area (Å²) < 4.78 is 35.7. The normalized spacial score (nSPS) is 18.8. The van der Waals surface area contributed by atoms with Crippen molar-refractivity contribution >= 4 is 21.6 Å². The minimum Gasteiger partial charge on any atom is -0.447 e. The monoisotopic (exact) mass is 265 g/mol. The lowest BCUT2D eigenvalue weighted by Crippen LogP contribution is -2.40. The zero-order valence-corrected chi connectivity index (χ0v) is 10.1. The van der Waals surface area contributed by atoms with Gasteiger partial charge in [0.25, 0.3) is 10.0 Å². The van der Waals surface area contributed by atoms with E-state index in [1.165, 1.54) is 10.4 Å². The van der Waals surface area contributed by atoms with Crippen LogP contribution in [0.5, 0.6) is 0 Å². The standard InChI is InChI=1S/C9H12ClNO4S/c10-7-8-1-2-9(15-8)16(12,13)11-3-5-14-6-4-11/h1-2H,3-7H2. The Morgan fingerprint density at radius 3 is 2.56 bits per heavy atom. The molecule has 5 nitrogen and oxygen atoms in total. The maximum absolute atomic E-state index is 12.1. The van der Waals surface area contributed by atoms with E-state index < -0.39 is 10.0 Å². The lowest BCUT2D eigenvalue weighted by atomic mass is 10.5. The van der Waals surface area contributed by atoms with Gasteiger partial charge in [0.1, 0.15) is 5.76 Å². The molecule has 7 heteroatoms. The Labute approximate surface area is 99.0 Å². The van der Waals surface area contributed by atoms with Crippen molar-refractivity contribution in [2.75, 3.05) is 26.3 Å². The molecule has 1 saturated heterocycles. The molecule has 1 fully saturated rings. The summed E-state index contributed by atoms with van der Waals surface area (Å²) in [5.41, 5.74) is 0. The van der Waals surface area contributed by atoms with Gasteiger partial charge in [0, 0.05) is 13.1 Å². The predicted octanol–water partition coefficient (Wildman–Crippen LogP) is 1.04. The van der Waals surface area contributed by atoms with Gasteiger partial charge >= 0.3 is 0 Å². The molecule has 0 spiro atoms. The molecule has 1 aliphatic heterocycles. The van der Waals surface area contributed by atoms with E-state index in [0.717, 1.165) is 0 Å². The Balaban J connectivity index is 2.23. The number of nitrogens with zero attached hydrogens (tertiary/aromatic N) is 1. The van der Waals surface area contributed by atoms with Crippen molar-refractivity contribution in [1.29, 1.82) is 0 Å². The van der Waals surface area contributed by atoms with Gasteiger partial charge in [-0.3, -0.25) is 0 Å². The Bertz CT molecular complexity index is 450. The number of furan rings is 1. The number of rotatable bonds is 3. The number of alkyl halides is 1. The summed E-state index contributed by atoms with van der Waals surface area (Å²) in [4.78, 5) is 0. The maximum atomic E-state index is 12.1. The van der Waals surface area contributed by atoms with E-state index >= 15 is 0 Å². The highest BCUT2D eigenvalue weighted by Crippen LogP contribution is 2.20. The summed E-state index contributed by atoms with van der Waals surface area (Å²) in [6.45, 7) is 1.56. The van der Waals surface area contributed by atoms with E-state index in [0.29, 0.717) is 32.1 Å². The van der Waals surface area contributed by atoms with Crippen LogP contribution in [-0.2, 0) is 20.6 Å². The second kappa shape index (κ2) is 4.75. The lowest BCUT2D eigenvalue weighted by molar-refractivity contribution is 0.0724. The third kappa shape index (κ3) is 2.24. The van der Waals surface area contributed by atoms with Gasteiger partial charge in [-0.25, -0.2) is 8.42 Å². The van der Waals surface area contributed by atoms with Gasteiger partial charge < -0.3 is 9.15 Å². The molecule has 2 heterocycles. The van der Waals surface area contributed by atoms with Crippen molar-refractivity contribution in [2.45, 2.75) is 11.0 Å². The zero-order chi connectivity index (χ0) is 11.6. The second-order valence-electron chi connectivity index (χ2n) is 3.37. The molecule has 0 bridgehead atoms. The summed E-state index contributed by atoms with van der Waals surface area (Å²) >= 11 is 5.55. The number of hydrogen-bond acceptors (Lipinski definition) is 4. The van der Waals surface area contributed by atoms with Crippen LogP contribution in [0, 0.1) is 0 Å². The number of halogens is 1. The number of morpholine rings is 1. The van der Waals surface area contributed by atoms with Crippen molar-refractivity contribution in [1.82, 2.24) is 4.31 Å². The minimum absolute atomic E-state index is 0.0509. The van der Waals surface area contributed by atoms with Crippen LogP contribution in [0.2, 0.25) is 0 Å². The average molecular weight is 266 g/mol. The molecule has 1 aliphatic rings. The van der Waals surface area contributed by atoms with Crippen LogP contribution >= 0.6 is 11.6 Å². The zero-order valence-electron chi connectivity index (χ0n) is 8.56. The van der Waals surface area contributed by atoms with Gasteiger partial charge in [0.05, 0.1) is 19.1 Å². The van der Waals surface area contributed by atoms with Crippen molar-refractivity contribution < 1.29 is 17.6 Å². The second-order valence-corrected chi connectivity index (χ2v) is 5.51. The molecule has 0 amide bonds. The lowest BCUT2D eigenvalue weighted by Gasteiger charge is -2.24. The molecule has 1 aromatic rings. The molecule has 0 atom stereocenters. The van der Waals surface area contributed by atoms with Crippen molar-refractivity contribution in [3.8, 4) is 0 Å². The molecule has 0 aromatic carbocycles. The van der Waals surface area contributed by atoms with Crippen LogP contribution in [0.3, 0.4) is 0 Å². The van der Waals surface area contributed by atoms with Crippen molar-refractivity contribution in [2.24, 2.45) is 0 Å². The minimum atomic E-state index is -3.52. The third-order valence-corrected chi connectivity index (χ3v) is 4.37. The molecule has 0 aliphatic carbocycles. The SMILES string of the molecule is O=S(=O)(c1ccc(CCl)o1)N1CCOCC1. The fourth-order valence-corrected chi connectivity index (χ4v) is 2.96. The highest BCUT2D eigenvalue weighted by atomic mass is 35.5. The van der Waals surface area contributed by atoms with Crippen LogP contribution in [0.1, 0.15) is 5.76 Å². The van der Waals surface area contributed by atoms with Crippen LogP contribution in [0.25, 0.3) is 0 Å². The largest absolute Gasteiger partial charge is 0.447 e. The first kappa shape index (κ1) is 11.9. The highest BCUT2D eigenvalue weighted by molar-refractivity contribution is 7.89.